The number of nitrogen functional groups attached to an aromatic ring is 1. The zero-order valence-corrected chi connectivity index (χ0v) is 8.95. The monoisotopic (exact) mass is 254 g/mol. The van der Waals surface area contributed by atoms with E-state index in [0.717, 1.165) is 4.47 Å². The van der Waals surface area contributed by atoms with Crippen molar-refractivity contribution in [1.29, 1.82) is 0 Å². The van der Waals surface area contributed by atoms with Crippen LogP contribution in [-0.4, -0.2) is 22.3 Å². The van der Waals surface area contributed by atoms with E-state index in [1.165, 1.54) is 0 Å². The molecule has 6 heteroatoms. The second kappa shape index (κ2) is 3.38. The summed E-state index contributed by atoms with van der Waals surface area (Å²) in [6, 6.07) is 3.60. The first kappa shape index (κ1) is 9.14. The van der Waals surface area contributed by atoms with Crippen LogP contribution in [0.1, 0.15) is 0 Å². The van der Waals surface area contributed by atoms with Crippen LogP contribution in [0.2, 0.25) is 0 Å². The standard InChI is InChI=1S/C8H7BrN4O/c1-14-6-3-4(9)2-5-7(6)11-8(10)13-12-5/h2-3H,1H3,(H2,10,11,13). The predicted octanol–water partition coefficient (Wildman–Crippen LogP) is 1.38. The third-order valence-corrected chi connectivity index (χ3v) is 2.18. The van der Waals surface area contributed by atoms with Gasteiger partial charge in [0.15, 0.2) is 0 Å². The van der Waals surface area contributed by atoms with Gasteiger partial charge >= 0.3 is 0 Å². The van der Waals surface area contributed by atoms with Gasteiger partial charge in [-0.3, -0.25) is 0 Å². The van der Waals surface area contributed by atoms with Gasteiger partial charge < -0.3 is 10.5 Å². The molecule has 0 atom stereocenters. The fraction of sp³-hybridized carbons (Fsp3) is 0.125. The Morgan fingerprint density at radius 1 is 1.36 bits per heavy atom. The van der Waals surface area contributed by atoms with Gasteiger partial charge in [-0.25, -0.2) is 4.98 Å². The van der Waals surface area contributed by atoms with Gasteiger partial charge in [0, 0.05) is 4.47 Å². The molecular weight excluding hydrogens is 248 g/mol. The summed E-state index contributed by atoms with van der Waals surface area (Å²) in [6.45, 7) is 0. The topological polar surface area (TPSA) is 73.9 Å². The van der Waals surface area contributed by atoms with Crippen LogP contribution in [0.5, 0.6) is 5.75 Å². The molecule has 1 heterocycles. The molecule has 0 spiro atoms. The summed E-state index contributed by atoms with van der Waals surface area (Å²) >= 11 is 3.34. The number of hydrogen-bond donors (Lipinski definition) is 1. The average Bonchev–Trinajstić information content (AvgIpc) is 2.17. The molecule has 0 amide bonds. The van der Waals surface area contributed by atoms with Crippen LogP contribution in [0.25, 0.3) is 11.0 Å². The lowest BCUT2D eigenvalue weighted by Gasteiger charge is -2.04. The Hall–Kier alpha value is -1.43. The largest absolute Gasteiger partial charge is 0.494 e. The molecular formula is C8H7BrN4O. The van der Waals surface area contributed by atoms with Crippen LogP contribution in [0.3, 0.4) is 0 Å². The molecule has 1 aromatic heterocycles. The average molecular weight is 255 g/mol. The van der Waals surface area contributed by atoms with E-state index < -0.39 is 0 Å². The lowest BCUT2D eigenvalue weighted by molar-refractivity contribution is 0.418. The fourth-order valence-electron chi connectivity index (χ4n) is 1.15. The molecule has 0 saturated heterocycles. The number of anilines is 1. The van der Waals surface area contributed by atoms with Crippen molar-refractivity contribution in [2.45, 2.75) is 0 Å². The van der Waals surface area contributed by atoms with Gasteiger partial charge in [-0.15, -0.1) is 10.2 Å². The number of benzene rings is 1. The normalized spacial score (nSPS) is 10.4. The highest BCUT2D eigenvalue weighted by Gasteiger charge is 2.07. The number of halogens is 1. The smallest absolute Gasteiger partial charge is 0.240 e. The summed E-state index contributed by atoms with van der Waals surface area (Å²) in [6.07, 6.45) is 0. The van der Waals surface area contributed by atoms with Gasteiger partial charge in [-0.2, -0.15) is 0 Å². The summed E-state index contributed by atoms with van der Waals surface area (Å²) in [7, 11) is 1.57. The number of nitrogens with zero attached hydrogens (tertiary/aromatic N) is 3. The molecule has 0 bridgehead atoms. The molecule has 2 aromatic rings. The summed E-state index contributed by atoms with van der Waals surface area (Å²) < 4.78 is 6.01. The molecule has 0 unspecified atom stereocenters. The van der Waals surface area contributed by atoms with Crippen molar-refractivity contribution in [3.05, 3.63) is 16.6 Å². The molecule has 14 heavy (non-hydrogen) atoms. The van der Waals surface area contributed by atoms with Crippen LogP contribution in [-0.2, 0) is 0 Å². The van der Waals surface area contributed by atoms with Crippen LogP contribution in [0, 0.1) is 0 Å². The minimum Gasteiger partial charge on any atom is -0.494 e. The highest BCUT2D eigenvalue weighted by atomic mass is 79.9. The van der Waals surface area contributed by atoms with E-state index in [-0.39, 0.29) is 5.95 Å². The van der Waals surface area contributed by atoms with Crippen molar-refractivity contribution in [2.75, 3.05) is 12.8 Å². The molecule has 1 aromatic carbocycles. The maximum Gasteiger partial charge on any atom is 0.240 e. The quantitative estimate of drug-likeness (QED) is 0.833. The third kappa shape index (κ3) is 1.48. The first-order valence-corrected chi connectivity index (χ1v) is 4.63. The first-order valence-electron chi connectivity index (χ1n) is 3.84. The van der Waals surface area contributed by atoms with E-state index in [2.05, 4.69) is 31.1 Å². The Labute approximate surface area is 88.4 Å². The number of rotatable bonds is 1. The van der Waals surface area contributed by atoms with Gasteiger partial charge in [0.25, 0.3) is 0 Å². The van der Waals surface area contributed by atoms with Crippen LogP contribution in [0.15, 0.2) is 16.6 Å². The zero-order valence-electron chi connectivity index (χ0n) is 7.36. The Bertz CT molecular complexity index is 488. The lowest BCUT2D eigenvalue weighted by Crippen LogP contribution is -1.99. The number of ether oxygens (including phenoxy) is 1. The molecule has 0 saturated carbocycles. The molecule has 5 nitrogen and oxygen atoms in total. The highest BCUT2D eigenvalue weighted by Crippen LogP contribution is 2.27. The summed E-state index contributed by atoms with van der Waals surface area (Å²) in [5, 5.41) is 7.57. The van der Waals surface area contributed by atoms with E-state index >= 15 is 0 Å². The number of nitrogens with two attached hydrogens (primary N) is 1. The lowest BCUT2D eigenvalue weighted by atomic mass is 10.3. The van der Waals surface area contributed by atoms with Crippen molar-refractivity contribution >= 4 is 32.9 Å². The highest BCUT2D eigenvalue weighted by molar-refractivity contribution is 9.10. The van der Waals surface area contributed by atoms with E-state index in [1.807, 2.05) is 0 Å². The van der Waals surface area contributed by atoms with E-state index in [0.29, 0.717) is 16.8 Å². The Balaban J connectivity index is 2.81. The van der Waals surface area contributed by atoms with Gasteiger partial charge in [0.05, 0.1) is 7.11 Å². The van der Waals surface area contributed by atoms with E-state index in [9.17, 15) is 0 Å². The van der Waals surface area contributed by atoms with E-state index in [4.69, 9.17) is 10.5 Å². The summed E-state index contributed by atoms with van der Waals surface area (Å²) in [4.78, 5) is 4.05. The second-order valence-corrected chi connectivity index (χ2v) is 3.56. The molecule has 0 aliphatic heterocycles. The molecule has 0 radical (unpaired) electrons. The Kier molecular flexibility index (Phi) is 2.20. The molecule has 0 aliphatic rings. The fourth-order valence-corrected chi connectivity index (χ4v) is 1.57. The number of aromatic nitrogens is 3. The Morgan fingerprint density at radius 2 is 2.14 bits per heavy atom. The minimum atomic E-state index is 0.137. The van der Waals surface area contributed by atoms with Crippen LogP contribution < -0.4 is 10.5 Å². The van der Waals surface area contributed by atoms with Crippen LogP contribution in [0.4, 0.5) is 5.95 Å². The molecule has 2 N–H and O–H groups in total. The SMILES string of the molecule is COc1cc(Br)cc2nnc(N)nc12. The second-order valence-electron chi connectivity index (χ2n) is 2.65. The zero-order chi connectivity index (χ0) is 10.1. The summed E-state index contributed by atoms with van der Waals surface area (Å²) in [5.41, 5.74) is 6.69. The van der Waals surface area contributed by atoms with Crippen molar-refractivity contribution in [2.24, 2.45) is 0 Å². The predicted molar refractivity (Wildman–Crippen MR) is 56.0 cm³/mol. The molecule has 0 aliphatic carbocycles. The summed E-state index contributed by atoms with van der Waals surface area (Å²) in [5.74, 6) is 0.758. The van der Waals surface area contributed by atoms with Crippen molar-refractivity contribution < 1.29 is 4.74 Å². The minimum absolute atomic E-state index is 0.137. The number of methoxy groups -OCH3 is 1. The van der Waals surface area contributed by atoms with Crippen LogP contribution >= 0.6 is 15.9 Å². The number of fused-ring (bicyclic) bond motifs is 1. The van der Waals surface area contributed by atoms with E-state index in [1.54, 1.807) is 19.2 Å². The first-order chi connectivity index (χ1) is 6.70. The van der Waals surface area contributed by atoms with Crippen molar-refractivity contribution in [3.8, 4) is 5.75 Å². The molecule has 2 rings (SSSR count). The van der Waals surface area contributed by atoms with Gasteiger partial charge in [-0.1, -0.05) is 15.9 Å². The maximum atomic E-state index is 5.43. The molecule has 0 fully saturated rings. The third-order valence-electron chi connectivity index (χ3n) is 1.73. The van der Waals surface area contributed by atoms with Gasteiger partial charge in [-0.05, 0) is 12.1 Å². The number of hydrogen-bond acceptors (Lipinski definition) is 5. The maximum absolute atomic E-state index is 5.43. The Morgan fingerprint density at radius 3 is 2.86 bits per heavy atom. The van der Waals surface area contributed by atoms with Crippen molar-refractivity contribution in [3.63, 3.8) is 0 Å². The van der Waals surface area contributed by atoms with Crippen molar-refractivity contribution in [1.82, 2.24) is 15.2 Å². The molecule has 72 valence electrons. The van der Waals surface area contributed by atoms with Gasteiger partial charge in [0.2, 0.25) is 5.95 Å². The van der Waals surface area contributed by atoms with Gasteiger partial charge in [0.1, 0.15) is 16.8 Å².